The van der Waals surface area contributed by atoms with Gasteiger partial charge >= 0.3 is 5.97 Å². The molecule has 16 heavy (non-hydrogen) atoms. The lowest BCUT2D eigenvalue weighted by molar-refractivity contribution is -0.139. The minimum atomic E-state index is -0.903. The zero-order chi connectivity index (χ0) is 11.8. The van der Waals surface area contributed by atoms with Gasteiger partial charge in [-0.05, 0) is 30.4 Å². The van der Waals surface area contributed by atoms with Crippen LogP contribution in [0.2, 0.25) is 0 Å². The molecule has 1 aliphatic carbocycles. The Morgan fingerprint density at radius 1 is 1.56 bits per heavy atom. The van der Waals surface area contributed by atoms with E-state index in [1.54, 1.807) is 0 Å². The minimum absolute atomic E-state index is 0.309. The fourth-order valence-corrected chi connectivity index (χ4v) is 2.25. The Labute approximate surface area is 95.3 Å². The van der Waals surface area contributed by atoms with E-state index in [0.717, 1.165) is 24.8 Å². The number of hydrogen-bond acceptors (Lipinski definition) is 2. The first-order chi connectivity index (χ1) is 7.60. The van der Waals surface area contributed by atoms with E-state index in [-0.39, 0.29) is 5.41 Å². The highest BCUT2D eigenvalue weighted by Crippen LogP contribution is 2.50. The molecule has 0 bridgehead atoms. The van der Waals surface area contributed by atoms with Crippen molar-refractivity contribution in [2.24, 2.45) is 5.73 Å². The number of aryl methyl sites for hydroxylation is 1. The highest BCUT2D eigenvalue weighted by atomic mass is 16.4. The lowest BCUT2D eigenvalue weighted by atomic mass is 9.87. The summed E-state index contributed by atoms with van der Waals surface area (Å²) in [6.07, 6.45) is 2.73. The van der Waals surface area contributed by atoms with Crippen molar-refractivity contribution < 1.29 is 9.90 Å². The Kier molecular flexibility index (Phi) is 2.72. The fraction of sp³-hybridized carbons (Fsp3) is 0.462. The number of carboxylic acids is 1. The van der Waals surface area contributed by atoms with Crippen LogP contribution in [0.5, 0.6) is 0 Å². The van der Waals surface area contributed by atoms with Gasteiger partial charge in [-0.3, -0.25) is 4.79 Å². The average Bonchev–Trinajstić information content (AvgIpc) is 3.09. The summed E-state index contributed by atoms with van der Waals surface area (Å²) in [6, 6.07) is 7.36. The molecule has 0 spiro atoms. The van der Waals surface area contributed by atoms with Gasteiger partial charge in [-0.2, -0.15) is 0 Å². The highest BCUT2D eigenvalue weighted by molar-refractivity contribution is 5.77. The van der Waals surface area contributed by atoms with Gasteiger partial charge < -0.3 is 10.8 Å². The maximum Gasteiger partial charge on any atom is 0.321 e. The predicted molar refractivity (Wildman–Crippen MR) is 62.3 cm³/mol. The monoisotopic (exact) mass is 219 g/mol. The number of carbonyl (C=O) groups is 1. The van der Waals surface area contributed by atoms with Gasteiger partial charge in [0, 0.05) is 5.41 Å². The normalized spacial score (nSPS) is 19.1. The molecule has 0 heterocycles. The third-order valence-corrected chi connectivity index (χ3v) is 3.56. The Balaban J connectivity index is 2.32. The van der Waals surface area contributed by atoms with Crippen LogP contribution >= 0.6 is 0 Å². The quantitative estimate of drug-likeness (QED) is 0.810. The highest BCUT2D eigenvalue weighted by Gasteiger charge is 2.52. The molecule has 1 fully saturated rings. The molecule has 86 valence electrons. The van der Waals surface area contributed by atoms with Crippen LogP contribution in [0.25, 0.3) is 0 Å². The molecule has 1 aromatic carbocycles. The average molecular weight is 219 g/mol. The second kappa shape index (κ2) is 3.91. The molecule has 0 amide bonds. The van der Waals surface area contributed by atoms with Gasteiger partial charge in [0.15, 0.2) is 0 Å². The van der Waals surface area contributed by atoms with Crippen LogP contribution in [-0.4, -0.2) is 17.1 Å². The summed E-state index contributed by atoms with van der Waals surface area (Å²) in [5.41, 5.74) is 7.79. The van der Waals surface area contributed by atoms with E-state index in [9.17, 15) is 4.79 Å². The number of nitrogens with two attached hydrogens (primary N) is 1. The van der Waals surface area contributed by atoms with Gasteiger partial charge in [-0.15, -0.1) is 0 Å². The molecule has 3 heteroatoms. The maximum atomic E-state index is 11.0. The van der Waals surface area contributed by atoms with E-state index >= 15 is 0 Å². The van der Waals surface area contributed by atoms with E-state index in [1.807, 2.05) is 12.1 Å². The van der Waals surface area contributed by atoms with Gasteiger partial charge in [-0.25, -0.2) is 0 Å². The number of hydrogen-bond donors (Lipinski definition) is 2. The molecule has 1 atom stereocenters. The standard InChI is InChI=1S/C13H17NO2/c1-2-9-4-3-5-10(8-9)13(6-7-13)11(14)12(15)16/h3-5,8,11H,2,6-7,14H2,1H3,(H,15,16). The molecular weight excluding hydrogens is 202 g/mol. The second-order valence-electron chi connectivity index (χ2n) is 4.53. The van der Waals surface area contributed by atoms with Crippen molar-refractivity contribution in [1.82, 2.24) is 0 Å². The molecule has 0 radical (unpaired) electrons. The number of benzene rings is 1. The molecule has 3 nitrogen and oxygen atoms in total. The van der Waals surface area contributed by atoms with E-state index in [0.29, 0.717) is 0 Å². The van der Waals surface area contributed by atoms with Crippen LogP contribution in [0.1, 0.15) is 30.9 Å². The molecular formula is C13H17NO2. The van der Waals surface area contributed by atoms with Crippen LogP contribution in [-0.2, 0) is 16.6 Å². The van der Waals surface area contributed by atoms with E-state index in [2.05, 4.69) is 19.1 Å². The molecule has 1 aromatic rings. The Bertz CT molecular complexity index is 410. The van der Waals surface area contributed by atoms with Crippen molar-refractivity contribution in [3.05, 3.63) is 35.4 Å². The molecule has 0 aromatic heterocycles. The summed E-state index contributed by atoms with van der Waals surface area (Å²) in [5, 5.41) is 9.02. The van der Waals surface area contributed by atoms with Crippen molar-refractivity contribution in [2.45, 2.75) is 37.6 Å². The van der Waals surface area contributed by atoms with Crippen molar-refractivity contribution in [1.29, 1.82) is 0 Å². The van der Waals surface area contributed by atoms with Crippen LogP contribution < -0.4 is 5.73 Å². The van der Waals surface area contributed by atoms with Crippen molar-refractivity contribution in [2.75, 3.05) is 0 Å². The van der Waals surface area contributed by atoms with Crippen molar-refractivity contribution in [3.8, 4) is 0 Å². The van der Waals surface area contributed by atoms with Crippen molar-refractivity contribution >= 4 is 5.97 Å². The zero-order valence-corrected chi connectivity index (χ0v) is 9.44. The van der Waals surface area contributed by atoms with E-state index in [4.69, 9.17) is 10.8 Å². The van der Waals surface area contributed by atoms with Gasteiger partial charge in [0.1, 0.15) is 6.04 Å². The topological polar surface area (TPSA) is 63.3 Å². The molecule has 1 aliphatic rings. The van der Waals surface area contributed by atoms with E-state index in [1.165, 1.54) is 5.56 Å². The summed E-state index contributed by atoms with van der Waals surface area (Å²) in [7, 11) is 0. The largest absolute Gasteiger partial charge is 0.480 e. The molecule has 1 saturated carbocycles. The predicted octanol–water partition coefficient (Wildman–Crippen LogP) is 1.69. The first kappa shape index (κ1) is 11.1. The number of aliphatic carboxylic acids is 1. The SMILES string of the molecule is CCc1cccc(C2(C(N)C(=O)O)CC2)c1. The molecule has 2 rings (SSSR count). The summed E-state index contributed by atoms with van der Waals surface area (Å²) in [5.74, 6) is -0.903. The van der Waals surface area contributed by atoms with Crippen LogP contribution in [0, 0.1) is 0 Å². The third kappa shape index (κ3) is 1.71. The maximum absolute atomic E-state index is 11.0. The molecule has 0 saturated heterocycles. The smallest absolute Gasteiger partial charge is 0.321 e. The lowest BCUT2D eigenvalue weighted by Crippen LogP contribution is -2.42. The summed E-state index contributed by atoms with van der Waals surface area (Å²) in [6.45, 7) is 2.09. The van der Waals surface area contributed by atoms with Gasteiger partial charge in [0.25, 0.3) is 0 Å². The summed E-state index contributed by atoms with van der Waals surface area (Å²) in [4.78, 5) is 11.0. The van der Waals surface area contributed by atoms with Gasteiger partial charge in [0.2, 0.25) is 0 Å². The Hall–Kier alpha value is -1.35. The fourth-order valence-electron chi connectivity index (χ4n) is 2.25. The first-order valence-electron chi connectivity index (χ1n) is 5.68. The number of rotatable bonds is 4. The minimum Gasteiger partial charge on any atom is -0.480 e. The first-order valence-corrected chi connectivity index (χ1v) is 5.68. The lowest BCUT2D eigenvalue weighted by Gasteiger charge is -2.20. The zero-order valence-electron chi connectivity index (χ0n) is 9.44. The van der Waals surface area contributed by atoms with E-state index < -0.39 is 12.0 Å². The number of carboxylic acid groups (broad SMARTS) is 1. The van der Waals surface area contributed by atoms with Gasteiger partial charge in [0.05, 0.1) is 0 Å². The summed E-state index contributed by atoms with van der Waals surface area (Å²) < 4.78 is 0. The Morgan fingerprint density at radius 3 is 2.75 bits per heavy atom. The molecule has 1 unspecified atom stereocenters. The summed E-state index contributed by atoms with van der Waals surface area (Å²) >= 11 is 0. The van der Waals surface area contributed by atoms with Crippen LogP contribution in [0.3, 0.4) is 0 Å². The van der Waals surface area contributed by atoms with Crippen molar-refractivity contribution in [3.63, 3.8) is 0 Å². The third-order valence-electron chi connectivity index (χ3n) is 3.56. The van der Waals surface area contributed by atoms with Crippen LogP contribution in [0.4, 0.5) is 0 Å². The second-order valence-corrected chi connectivity index (χ2v) is 4.53. The molecule has 0 aliphatic heterocycles. The van der Waals surface area contributed by atoms with Gasteiger partial charge in [-0.1, -0.05) is 31.2 Å². The van der Waals surface area contributed by atoms with Crippen LogP contribution in [0.15, 0.2) is 24.3 Å². The Morgan fingerprint density at radius 2 is 2.25 bits per heavy atom. The molecule has 3 N–H and O–H groups in total.